The second-order valence-electron chi connectivity index (χ2n) is 7.53. The van der Waals surface area contributed by atoms with Crippen LogP contribution in [0.15, 0.2) is 53.9 Å². The third-order valence-corrected chi connectivity index (χ3v) is 6.60. The van der Waals surface area contributed by atoms with E-state index in [1.165, 1.54) is 11.3 Å². The van der Waals surface area contributed by atoms with Gasteiger partial charge in [0.1, 0.15) is 22.2 Å². The van der Waals surface area contributed by atoms with E-state index < -0.39 is 0 Å². The molecule has 0 spiro atoms. The molecule has 0 aliphatic carbocycles. The first-order valence-corrected chi connectivity index (χ1v) is 12.0. The number of carbonyl (C=O) groups excluding carboxylic acids is 1. The van der Waals surface area contributed by atoms with Crippen LogP contribution in [0.1, 0.15) is 16.1 Å². The fraction of sp³-hybridized carbons (Fsp3) is 0.240. The zero-order chi connectivity index (χ0) is 24.9. The summed E-state index contributed by atoms with van der Waals surface area (Å²) in [5.74, 6) is 1.03. The highest BCUT2D eigenvalue weighted by Gasteiger charge is 2.28. The Morgan fingerprint density at radius 3 is 2.57 bits per heavy atom. The maximum atomic E-state index is 13.8. The van der Waals surface area contributed by atoms with E-state index in [9.17, 15) is 4.79 Å². The zero-order valence-corrected chi connectivity index (χ0v) is 21.4. The standard InChI is InChI=1S/C25H25ClN4O4S/c1-16-22(23(26)30(28-16)17-8-6-5-7-9-17)24(31)29(12-13-32-2)25-27-20(15-35-25)19-14-18(33-3)10-11-21(19)34-4/h5-11,14-15H,12-13H2,1-4H3. The number of aryl methyl sites for hydroxylation is 1. The molecule has 4 rings (SSSR count). The Hall–Kier alpha value is -3.40. The predicted molar refractivity (Wildman–Crippen MR) is 138 cm³/mol. The van der Waals surface area contributed by atoms with Crippen LogP contribution in [-0.4, -0.2) is 55.2 Å². The fourth-order valence-corrected chi connectivity index (χ4v) is 4.81. The van der Waals surface area contributed by atoms with Crippen LogP contribution in [0.4, 0.5) is 5.13 Å². The molecule has 2 aromatic heterocycles. The highest BCUT2D eigenvalue weighted by atomic mass is 35.5. The van der Waals surface area contributed by atoms with E-state index >= 15 is 0 Å². The molecule has 2 aromatic carbocycles. The number of methoxy groups -OCH3 is 3. The zero-order valence-electron chi connectivity index (χ0n) is 19.8. The molecule has 0 bridgehead atoms. The average molecular weight is 513 g/mol. The highest BCUT2D eigenvalue weighted by Crippen LogP contribution is 2.36. The minimum absolute atomic E-state index is 0.243. The van der Waals surface area contributed by atoms with Gasteiger partial charge in [-0.2, -0.15) is 5.10 Å². The number of halogens is 1. The van der Waals surface area contributed by atoms with Crippen molar-refractivity contribution in [2.24, 2.45) is 0 Å². The molecule has 0 atom stereocenters. The maximum absolute atomic E-state index is 13.8. The van der Waals surface area contributed by atoms with Gasteiger partial charge in [-0.05, 0) is 37.3 Å². The second-order valence-corrected chi connectivity index (χ2v) is 8.72. The van der Waals surface area contributed by atoms with Gasteiger partial charge in [0.05, 0.1) is 44.4 Å². The molecule has 0 unspecified atom stereocenters. The molecule has 0 fully saturated rings. The molecule has 1 amide bonds. The molecule has 0 radical (unpaired) electrons. The normalized spacial score (nSPS) is 10.9. The highest BCUT2D eigenvalue weighted by molar-refractivity contribution is 7.14. The molecule has 182 valence electrons. The molecular weight excluding hydrogens is 488 g/mol. The van der Waals surface area contributed by atoms with E-state index in [0.29, 0.717) is 46.7 Å². The van der Waals surface area contributed by atoms with Crippen molar-refractivity contribution in [1.29, 1.82) is 0 Å². The summed E-state index contributed by atoms with van der Waals surface area (Å²) < 4.78 is 17.7. The van der Waals surface area contributed by atoms with Crippen LogP contribution >= 0.6 is 22.9 Å². The first kappa shape index (κ1) is 24.7. The Labute approximate surface area is 212 Å². The average Bonchev–Trinajstić information content (AvgIpc) is 3.48. The number of thiazole rings is 1. The number of para-hydroxylation sites is 1. The predicted octanol–water partition coefficient (Wildman–Crippen LogP) is 5.27. The summed E-state index contributed by atoms with van der Waals surface area (Å²) in [6, 6.07) is 14.9. The summed E-state index contributed by atoms with van der Waals surface area (Å²) in [7, 11) is 4.79. The van der Waals surface area contributed by atoms with E-state index in [0.717, 1.165) is 11.3 Å². The van der Waals surface area contributed by atoms with Crippen molar-refractivity contribution in [3.63, 3.8) is 0 Å². The van der Waals surface area contributed by atoms with Crippen molar-refractivity contribution >= 4 is 34.0 Å². The Balaban J connectivity index is 1.73. The van der Waals surface area contributed by atoms with Crippen LogP contribution < -0.4 is 14.4 Å². The van der Waals surface area contributed by atoms with E-state index in [1.807, 2.05) is 53.9 Å². The van der Waals surface area contributed by atoms with E-state index in [-0.39, 0.29) is 11.1 Å². The fourth-order valence-electron chi connectivity index (χ4n) is 3.61. The molecule has 2 heterocycles. The van der Waals surface area contributed by atoms with Gasteiger partial charge in [-0.25, -0.2) is 9.67 Å². The topological polar surface area (TPSA) is 78.7 Å². The largest absolute Gasteiger partial charge is 0.497 e. The lowest BCUT2D eigenvalue weighted by Crippen LogP contribution is -2.34. The summed E-state index contributed by atoms with van der Waals surface area (Å²) in [6.45, 7) is 2.39. The summed E-state index contributed by atoms with van der Waals surface area (Å²) in [4.78, 5) is 20.1. The number of hydrogen-bond donors (Lipinski definition) is 0. The number of nitrogens with zero attached hydrogens (tertiary/aromatic N) is 4. The Kier molecular flexibility index (Phi) is 7.70. The van der Waals surface area contributed by atoms with Gasteiger partial charge in [0.2, 0.25) is 0 Å². The first-order chi connectivity index (χ1) is 17.0. The van der Waals surface area contributed by atoms with Crippen LogP contribution in [0.2, 0.25) is 5.15 Å². The van der Waals surface area contributed by atoms with Crippen molar-refractivity contribution in [1.82, 2.24) is 14.8 Å². The van der Waals surface area contributed by atoms with Crippen molar-refractivity contribution in [2.45, 2.75) is 6.92 Å². The minimum Gasteiger partial charge on any atom is -0.497 e. The third-order valence-electron chi connectivity index (χ3n) is 5.39. The van der Waals surface area contributed by atoms with E-state index in [2.05, 4.69) is 5.10 Å². The molecule has 0 aliphatic heterocycles. The molecule has 0 N–H and O–H groups in total. The number of amides is 1. The summed E-state index contributed by atoms with van der Waals surface area (Å²) in [5.41, 5.74) is 3.04. The number of benzene rings is 2. The number of aromatic nitrogens is 3. The van der Waals surface area contributed by atoms with Crippen LogP contribution in [-0.2, 0) is 4.74 Å². The van der Waals surface area contributed by atoms with Crippen molar-refractivity contribution in [3.8, 4) is 28.4 Å². The smallest absolute Gasteiger partial charge is 0.265 e. The van der Waals surface area contributed by atoms with Gasteiger partial charge in [-0.15, -0.1) is 11.3 Å². The Morgan fingerprint density at radius 2 is 1.89 bits per heavy atom. The molecule has 0 saturated heterocycles. The van der Waals surface area contributed by atoms with Gasteiger partial charge >= 0.3 is 0 Å². The van der Waals surface area contributed by atoms with Gasteiger partial charge in [-0.1, -0.05) is 29.8 Å². The van der Waals surface area contributed by atoms with Crippen LogP contribution in [0.25, 0.3) is 16.9 Å². The van der Waals surface area contributed by atoms with E-state index in [1.54, 1.807) is 37.8 Å². The molecule has 8 nitrogen and oxygen atoms in total. The lowest BCUT2D eigenvalue weighted by Gasteiger charge is -2.19. The molecular formula is C25H25ClN4O4S. The third kappa shape index (κ3) is 5.02. The number of anilines is 1. The number of rotatable bonds is 9. The van der Waals surface area contributed by atoms with Crippen LogP contribution in [0, 0.1) is 6.92 Å². The summed E-state index contributed by atoms with van der Waals surface area (Å²) >= 11 is 8.02. The van der Waals surface area contributed by atoms with Gasteiger partial charge in [-0.3, -0.25) is 9.69 Å². The lowest BCUT2D eigenvalue weighted by atomic mass is 10.1. The van der Waals surface area contributed by atoms with Crippen molar-refractivity contribution in [2.75, 3.05) is 39.4 Å². The van der Waals surface area contributed by atoms with Gasteiger partial charge in [0.25, 0.3) is 5.91 Å². The monoisotopic (exact) mass is 512 g/mol. The Morgan fingerprint density at radius 1 is 1.11 bits per heavy atom. The molecule has 0 aliphatic rings. The quantitative estimate of drug-likeness (QED) is 0.304. The van der Waals surface area contributed by atoms with Gasteiger partial charge < -0.3 is 14.2 Å². The molecule has 35 heavy (non-hydrogen) atoms. The summed E-state index contributed by atoms with van der Waals surface area (Å²) in [5, 5.41) is 7.14. The number of hydrogen-bond acceptors (Lipinski definition) is 7. The summed E-state index contributed by atoms with van der Waals surface area (Å²) in [6.07, 6.45) is 0. The van der Waals surface area contributed by atoms with Crippen molar-refractivity contribution in [3.05, 3.63) is 70.3 Å². The molecule has 10 heteroatoms. The number of carbonyl (C=O) groups is 1. The number of ether oxygens (including phenoxy) is 3. The maximum Gasteiger partial charge on any atom is 0.265 e. The molecule has 4 aromatic rings. The lowest BCUT2D eigenvalue weighted by molar-refractivity contribution is 0.0975. The van der Waals surface area contributed by atoms with Crippen molar-refractivity contribution < 1.29 is 19.0 Å². The SMILES string of the molecule is COCCN(C(=O)c1c(C)nn(-c2ccccc2)c1Cl)c1nc(-c2cc(OC)ccc2OC)cs1. The first-order valence-electron chi connectivity index (χ1n) is 10.8. The van der Waals surface area contributed by atoms with Gasteiger partial charge in [0.15, 0.2) is 5.13 Å². The second kappa shape index (κ2) is 10.9. The van der Waals surface area contributed by atoms with E-state index in [4.69, 9.17) is 30.8 Å². The molecule has 0 saturated carbocycles. The Bertz CT molecular complexity index is 1320. The van der Waals surface area contributed by atoms with Crippen LogP contribution in [0.5, 0.6) is 11.5 Å². The minimum atomic E-state index is -0.301. The van der Waals surface area contributed by atoms with Crippen LogP contribution in [0.3, 0.4) is 0 Å². The van der Waals surface area contributed by atoms with Gasteiger partial charge in [0, 0.05) is 18.1 Å².